The van der Waals surface area contributed by atoms with Crippen molar-refractivity contribution in [1.29, 1.82) is 0 Å². The summed E-state index contributed by atoms with van der Waals surface area (Å²) in [6.45, 7) is 3.20. The Balaban J connectivity index is 1.89. The molecule has 0 unspecified atom stereocenters. The standard InChI is InChI=1S/C22H28N2O4S2/c1-16(18-9-5-6-10-20(18)28-2)23-30(26,27)17-11-12-21(29-3)19(15-17)22(25)24-13-7-4-8-14-24/h5-6,9-12,15-16,23H,4,7-8,13-14H2,1-3H3/t16-/m0/s1. The van der Waals surface area contributed by atoms with Crippen LogP contribution in [0.1, 0.15) is 48.1 Å². The Morgan fingerprint density at radius 1 is 1.13 bits per heavy atom. The first-order chi connectivity index (χ1) is 14.4. The van der Waals surface area contributed by atoms with Gasteiger partial charge in [-0.3, -0.25) is 4.79 Å². The Kier molecular flexibility index (Phi) is 7.44. The number of methoxy groups -OCH3 is 1. The van der Waals surface area contributed by atoms with Gasteiger partial charge in [0.05, 0.1) is 17.6 Å². The SMILES string of the molecule is COc1ccccc1[C@H](C)NS(=O)(=O)c1ccc(SC)c(C(=O)N2CCCCC2)c1. The fraction of sp³-hybridized carbons (Fsp3) is 0.409. The molecule has 30 heavy (non-hydrogen) atoms. The number of rotatable bonds is 7. The Hall–Kier alpha value is -2.03. The van der Waals surface area contributed by atoms with E-state index in [1.807, 2.05) is 29.4 Å². The van der Waals surface area contributed by atoms with Crippen LogP contribution in [0.25, 0.3) is 0 Å². The summed E-state index contributed by atoms with van der Waals surface area (Å²) in [5.41, 5.74) is 1.19. The minimum Gasteiger partial charge on any atom is -0.496 e. The minimum atomic E-state index is -3.83. The molecule has 1 saturated heterocycles. The van der Waals surface area contributed by atoms with Crippen LogP contribution in [0.15, 0.2) is 52.3 Å². The molecule has 0 spiro atoms. The van der Waals surface area contributed by atoms with Crippen LogP contribution in [-0.4, -0.2) is 45.7 Å². The van der Waals surface area contributed by atoms with Crippen molar-refractivity contribution in [2.75, 3.05) is 26.5 Å². The van der Waals surface area contributed by atoms with Crippen LogP contribution in [0.5, 0.6) is 5.75 Å². The maximum absolute atomic E-state index is 13.1. The van der Waals surface area contributed by atoms with E-state index in [9.17, 15) is 13.2 Å². The molecule has 1 atom stereocenters. The van der Waals surface area contributed by atoms with Gasteiger partial charge in [-0.05, 0) is 56.7 Å². The normalized spacial score (nSPS) is 15.6. The molecule has 1 N–H and O–H groups in total. The van der Waals surface area contributed by atoms with Crippen LogP contribution >= 0.6 is 11.8 Å². The molecule has 0 bridgehead atoms. The van der Waals surface area contributed by atoms with Gasteiger partial charge < -0.3 is 9.64 Å². The molecule has 1 amide bonds. The van der Waals surface area contributed by atoms with E-state index in [4.69, 9.17) is 4.74 Å². The molecule has 0 aromatic heterocycles. The average molecular weight is 449 g/mol. The van der Waals surface area contributed by atoms with Crippen LogP contribution in [0.2, 0.25) is 0 Å². The number of sulfonamides is 1. The fourth-order valence-electron chi connectivity index (χ4n) is 3.68. The van der Waals surface area contributed by atoms with Crippen molar-refractivity contribution in [3.8, 4) is 5.75 Å². The number of likely N-dealkylation sites (tertiary alicyclic amines) is 1. The van der Waals surface area contributed by atoms with Crippen LogP contribution in [0.3, 0.4) is 0 Å². The molecule has 2 aromatic carbocycles. The lowest BCUT2D eigenvalue weighted by Crippen LogP contribution is -2.36. The van der Waals surface area contributed by atoms with E-state index in [0.717, 1.165) is 29.7 Å². The van der Waals surface area contributed by atoms with Gasteiger partial charge in [0.15, 0.2) is 0 Å². The lowest BCUT2D eigenvalue weighted by Gasteiger charge is -2.27. The fourth-order valence-corrected chi connectivity index (χ4v) is 5.50. The summed E-state index contributed by atoms with van der Waals surface area (Å²) >= 11 is 1.44. The number of amides is 1. The number of carbonyl (C=O) groups is 1. The smallest absolute Gasteiger partial charge is 0.255 e. The summed E-state index contributed by atoms with van der Waals surface area (Å²) in [7, 11) is -2.27. The third-order valence-corrected chi connectivity index (χ3v) is 7.63. The monoisotopic (exact) mass is 448 g/mol. The van der Waals surface area contributed by atoms with Gasteiger partial charge in [0.25, 0.3) is 5.91 Å². The van der Waals surface area contributed by atoms with Gasteiger partial charge in [0, 0.05) is 29.6 Å². The van der Waals surface area contributed by atoms with Crippen molar-refractivity contribution in [3.63, 3.8) is 0 Å². The van der Waals surface area contributed by atoms with Crippen LogP contribution in [-0.2, 0) is 10.0 Å². The highest BCUT2D eigenvalue weighted by molar-refractivity contribution is 7.98. The molecule has 1 aliphatic rings. The summed E-state index contributed by atoms with van der Waals surface area (Å²) in [4.78, 5) is 15.8. The number of ether oxygens (including phenoxy) is 1. The molecule has 3 rings (SSSR count). The van der Waals surface area contributed by atoms with Crippen molar-refractivity contribution < 1.29 is 17.9 Å². The third kappa shape index (κ3) is 4.99. The van der Waals surface area contributed by atoms with Gasteiger partial charge in [-0.25, -0.2) is 13.1 Å². The molecule has 1 fully saturated rings. The number of thioether (sulfide) groups is 1. The number of benzene rings is 2. The van der Waals surface area contributed by atoms with E-state index >= 15 is 0 Å². The summed E-state index contributed by atoms with van der Waals surface area (Å²) in [6.07, 6.45) is 4.98. The van der Waals surface area contributed by atoms with Crippen molar-refractivity contribution in [3.05, 3.63) is 53.6 Å². The molecule has 0 radical (unpaired) electrons. The van der Waals surface area contributed by atoms with Gasteiger partial charge in [-0.2, -0.15) is 0 Å². The van der Waals surface area contributed by atoms with Gasteiger partial charge in [-0.15, -0.1) is 11.8 Å². The lowest BCUT2D eigenvalue weighted by molar-refractivity contribution is 0.0720. The second kappa shape index (κ2) is 9.85. The van der Waals surface area contributed by atoms with Crippen molar-refractivity contribution in [2.45, 2.75) is 42.0 Å². The molecular weight excluding hydrogens is 420 g/mol. The van der Waals surface area contributed by atoms with Crippen molar-refractivity contribution in [2.24, 2.45) is 0 Å². The number of nitrogens with zero attached hydrogens (tertiary/aromatic N) is 1. The zero-order chi connectivity index (χ0) is 21.7. The quantitative estimate of drug-likeness (QED) is 0.646. The molecule has 8 heteroatoms. The van der Waals surface area contributed by atoms with Crippen LogP contribution < -0.4 is 9.46 Å². The number of nitrogens with one attached hydrogen (secondary N) is 1. The number of carbonyl (C=O) groups excluding carboxylic acids is 1. The Morgan fingerprint density at radius 3 is 2.50 bits per heavy atom. The molecule has 6 nitrogen and oxygen atoms in total. The molecule has 0 aliphatic carbocycles. The lowest BCUT2D eigenvalue weighted by atomic mass is 10.1. The van der Waals surface area contributed by atoms with Gasteiger partial charge in [-0.1, -0.05) is 18.2 Å². The second-order valence-electron chi connectivity index (χ2n) is 7.30. The summed E-state index contributed by atoms with van der Waals surface area (Å²) in [5, 5.41) is 0. The predicted octanol–water partition coefficient (Wildman–Crippen LogP) is 4.08. The van der Waals surface area contributed by atoms with Gasteiger partial charge in [0.1, 0.15) is 5.75 Å². The molecule has 2 aromatic rings. The summed E-state index contributed by atoms with van der Waals surface area (Å²) in [6, 6.07) is 11.6. The Bertz CT molecular complexity index is 1000. The average Bonchev–Trinajstić information content (AvgIpc) is 2.78. The highest BCUT2D eigenvalue weighted by Crippen LogP contribution is 2.29. The van der Waals surface area contributed by atoms with Gasteiger partial charge >= 0.3 is 0 Å². The Labute approximate surface area is 183 Å². The zero-order valence-electron chi connectivity index (χ0n) is 17.6. The maximum Gasteiger partial charge on any atom is 0.255 e. The largest absolute Gasteiger partial charge is 0.496 e. The summed E-state index contributed by atoms with van der Waals surface area (Å²) in [5.74, 6) is 0.514. The topological polar surface area (TPSA) is 75.7 Å². The van der Waals surface area contributed by atoms with E-state index in [1.165, 1.54) is 17.8 Å². The second-order valence-corrected chi connectivity index (χ2v) is 9.86. The van der Waals surface area contributed by atoms with Crippen molar-refractivity contribution in [1.82, 2.24) is 9.62 Å². The Morgan fingerprint density at radius 2 is 1.83 bits per heavy atom. The van der Waals surface area contributed by atoms with E-state index < -0.39 is 16.1 Å². The number of hydrogen-bond donors (Lipinski definition) is 1. The minimum absolute atomic E-state index is 0.0856. The predicted molar refractivity (Wildman–Crippen MR) is 120 cm³/mol. The molecule has 1 heterocycles. The number of piperidine rings is 1. The van der Waals surface area contributed by atoms with E-state index in [2.05, 4.69) is 4.72 Å². The molecule has 0 saturated carbocycles. The molecular formula is C22H28N2O4S2. The first kappa shape index (κ1) is 22.7. The zero-order valence-corrected chi connectivity index (χ0v) is 19.2. The molecule has 1 aliphatic heterocycles. The first-order valence-electron chi connectivity index (χ1n) is 10.00. The first-order valence-corrected chi connectivity index (χ1v) is 12.7. The van der Waals surface area contributed by atoms with Crippen LogP contribution in [0, 0.1) is 0 Å². The molecule has 162 valence electrons. The van der Waals surface area contributed by atoms with Gasteiger partial charge in [0.2, 0.25) is 10.0 Å². The highest BCUT2D eigenvalue weighted by Gasteiger charge is 2.25. The van der Waals surface area contributed by atoms with E-state index in [0.29, 0.717) is 24.4 Å². The van der Waals surface area contributed by atoms with Crippen LogP contribution in [0.4, 0.5) is 0 Å². The van der Waals surface area contributed by atoms with E-state index in [1.54, 1.807) is 32.2 Å². The highest BCUT2D eigenvalue weighted by atomic mass is 32.2. The van der Waals surface area contributed by atoms with E-state index in [-0.39, 0.29) is 10.8 Å². The third-order valence-electron chi connectivity index (χ3n) is 5.29. The van der Waals surface area contributed by atoms with Crippen molar-refractivity contribution >= 4 is 27.7 Å². The maximum atomic E-state index is 13.1. The number of para-hydroxylation sites is 1. The number of hydrogen-bond acceptors (Lipinski definition) is 5. The summed E-state index contributed by atoms with van der Waals surface area (Å²) < 4.78 is 34.2.